The van der Waals surface area contributed by atoms with Gasteiger partial charge in [-0.15, -0.1) is 0 Å². The van der Waals surface area contributed by atoms with E-state index in [-0.39, 0.29) is 0 Å². The Balaban J connectivity index is 3.35. The van der Waals surface area contributed by atoms with Crippen molar-refractivity contribution >= 4 is 6.29 Å². The molecule has 0 amide bonds. The number of allylic oxidation sites excluding steroid dienone is 4. The van der Waals surface area contributed by atoms with Gasteiger partial charge < -0.3 is 0 Å². The van der Waals surface area contributed by atoms with Crippen molar-refractivity contribution in [3.63, 3.8) is 0 Å². The summed E-state index contributed by atoms with van der Waals surface area (Å²) < 4.78 is 0. The Kier molecular flexibility index (Phi) is 7.66. The molecule has 0 rings (SSSR count). The van der Waals surface area contributed by atoms with E-state index in [1.807, 2.05) is 6.08 Å². The highest BCUT2D eigenvalue weighted by molar-refractivity contribution is 5.66. The van der Waals surface area contributed by atoms with Gasteiger partial charge in [-0.2, -0.15) is 0 Å². The van der Waals surface area contributed by atoms with E-state index >= 15 is 0 Å². The van der Waals surface area contributed by atoms with Crippen LogP contribution in [-0.2, 0) is 4.79 Å². The highest BCUT2D eigenvalue weighted by Gasteiger charge is 1.94. The van der Waals surface area contributed by atoms with E-state index in [9.17, 15) is 4.79 Å². The van der Waals surface area contributed by atoms with Crippen LogP contribution in [-0.4, -0.2) is 6.29 Å². The van der Waals surface area contributed by atoms with Gasteiger partial charge in [0.15, 0.2) is 0 Å². The Bertz CT molecular complexity index is 156. The fourth-order valence-electron chi connectivity index (χ4n) is 0.854. The van der Waals surface area contributed by atoms with Crippen molar-refractivity contribution in [2.75, 3.05) is 0 Å². The summed E-state index contributed by atoms with van der Waals surface area (Å²) in [6.07, 6.45) is 12.3. The van der Waals surface area contributed by atoms with Gasteiger partial charge in [-0.1, -0.05) is 38.5 Å². The average molecular weight is 165 g/mol. The maximum absolute atomic E-state index is 9.75. The van der Waals surface area contributed by atoms with Crippen LogP contribution in [0.5, 0.6) is 0 Å². The average Bonchev–Trinajstić information content (AvgIpc) is 2.10. The molecule has 1 atom stereocenters. The quantitative estimate of drug-likeness (QED) is 0.436. The third-order valence-corrected chi connectivity index (χ3v) is 1.93. The zero-order chi connectivity index (χ0) is 9.23. The number of hydrogen-bond acceptors (Lipinski definition) is 1. The molecule has 1 radical (unpaired) electrons. The Morgan fingerprint density at radius 1 is 1.42 bits per heavy atom. The third kappa shape index (κ3) is 7.26. The lowest BCUT2D eigenvalue weighted by atomic mass is 10.0. The first-order valence-electron chi connectivity index (χ1n) is 4.50. The molecule has 1 nitrogen and oxygen atoms in total. The van der Waals surface area contributed by atoms with Gasteiger partial charge in [0, 0.05) is 0 Å². The summed E-state index contributed by atoms with van der Waals surface area (Å²) in [5.74, 6) is 0.802. The molecule has 0 N–H and O–H groups in total. The molecule has 0 saturated carbocycles. The number of rotatable bonds is 6. The Hall–Kier alpha value is -0.850. The van der Waals surface area contributed by atoms with Crippen molar-refractivity contribution in [3.8, 4) is 0 Å². The summed E-state index contributed by atoms with van der Waals surface area (Å²) in [5.41, 5.74) is 0. The molecule has 0 spiro atoms. The zero-order valence-electron chi connectivity index (χ0n) is 7.92. The Morgan fingerprint density at radius 3 is 2.75 bits per heavy atom. The molecule has 0 aromatic carbocycles. The Labute approximate surface area is 75.2 Å². The second-order valence-electron chi connectivity index (χ2n) is 3.00. The molecular formula is C11H17O. The predicted octanol–water partition coefficient (Wildman–Crippen LogP) is 3.03. The molecular weight excluding hydrogens is 148 g/mol. The standard InChI is InChI=1S/C11H17O/c1-3-11(2)9-7-5-4-6-8-10-12/h4-6,8,11H,3,7,9H2,1-2H3/b5-4+,8-6+. The fraction of sp³-hybridized carbons (Fsp3) is 0.545. The predicted molar refractivity (Wildman–Crippen MR) is 52.7 cm³/mol. The van der Waals surface area contributed by atoms with Gasteiger partial charge in [0.05, 0.1) is 0 Å². The van der Waals surface area contributed by atoms with Crippen LogP contribution in [0.1, 0.15) is 33.1 Å². The van der Waals surface area contributed by atoms with Crippen molar-refractivity contribution in [1.82, 2.24) is 0 Å². The first-order valence-corrected chi connectivity index (χ1v) is 4.50. The van der Waals surface area contributed by atoms with Gasteiger partial charge in [0.25, 0.3) is 0 Å². The molecule has 1 heteroatoms. The normalized spacial score (nSPS) is 14.2. The van der Waals surface area contributed by atoms with Gasteiger partial charge in [-0.25, -0.2) is 0 Å². The van der Waals surface area contributed by atoms with Crippen LogP contribution in [0.25, 0.3) is 0 Å². The van der Waals surface area contributed by atoms with Crippen molar-refractivity contribution in [3.05, 3.63) is 24.3 Å². The lowest BCUT2D eigenvalue weighted by Crippen LogP contribution is -1.89. The van der Waals surface area contributed by atoms with E-state index in [2.05, 4.69) is 19.9 Å². The maximum atomic E-state index is 9.75. The SMILES string of the molecule is CCC(C)CC/C=C/C=C/[C]=O. The monoisotopic (exact) mass is 165 g/mol. The Morgan fingerprint density at radius 2 is 2.17 bits per heavy atom. The van der Waals surface area contributed by atoms with Gasteiger partial charge in [-0.3, -0.25) is 4.79 Å². The highest BCUT2D eigenvalue weighted by Crippen LogP contribution is 2.09. The van der Waals surface area contributed by atoms with E-state index < -0.39 is 0 Å². The lowest BCUT2D eigenvalue weighted by Gasteiger charge is -2.03. The number of hydrogen-bond donors (Lipinski definition) is 0. The molecule has 0 bridgehead atoms. The topological polar surface area (TPSA) is 17.1 Å². The van der Waals surface area contributed by atoms with E-state index in [4.69, 9.17) is 0 Å². The van der Waals surface area contributed by atoms with E-state index in [1.165, 1.54) is 18.9 Å². The second-order valence-corrected chi connectivity index (χ2v) is 3.00. The first-order chi connectivity index (χ1) is 5.81. The molecule has 12 heavy (non-hydrogen) atoms. The van der Waals surface area contributed by atoms with E-state index in [0.29, 0.717) is 0 Å². The van der Waals surface area contributed by atoms with Gasteiger partial charge >= 0.3 is 0 Å². The van der Waals surface area contributed by atoms with Crippen LogP contribution in [0.15, 0.2) is 24.3 Å². The minimum absolute atomic E-state index is 0.802. The van der Waals surface area contributed by atoms with Crippen molar-refractivity contribution < 1.29 is 4.79 Å². The summed E-state index contributed by atoms with van der Waals surface area (Å²) >= 11 is 0. The lowest BCUT2D eigenvalue weighted by molar-refractivity contribution is 0.522. The van der Waals surface area contributed by atoms with Crippen LogP contribution < -0.4 is 0 Å². The van der Waals surface area contributed by atoms with Gasteiger partial charge in [0.2, 0.25) is 6.29 Å². The first kappa shape index (κ1) is 11.2. The molecule has 0 saturated heterocycles. The van der Waals surface area contributed by atoms with Crippen molar-refractivity contribution in [2.24, 2.45) is 5.92 Å². The summed E-state index contributed by atoms with van der Waals surface area (Å²) in [6, 6.07) is 0. The molecule has 0 aliphatic carbocycles. The molecule has 0 aromatic heterocycles. The highest BCUT2D eigenvalue weighted by atomic mass is 16.1. The second kappa shape index (κ2) is 8.25. The van der Waals surface area contributed by atoms with Crippen LogP contribution in [0.2, 0.25) is 0 Å². The van der Waals surface area contributed by atoms with Crippen LogP contribution in [0.4, 0.5) is 0 Å². The molecule has 1 unspecified atom stereocenters. The third-order valence-electron chi connectivity index (χ3n) is 1.93. The minimum Gasteiger partial charge on any atom is -0.286 e. The van der Waals surface area contributed by atoms with Crippen LogP contribution in [0.3, 0.4) is 0 Å². The largest absolute Gasteiger partial charge is 0.286 e. The number of carbonyl (C=O) groups excluding carboxylic acids is 1. The molecule has 0 aliphatic heterocycles. The van der Waals surface area contributed by atoms with Crippen LogP contribution in [0, 0.1) is 5.92 Å². The maximum Gasteiger partial charge on any atom is 0.225 e. The van der Waals surface area contributed by atoms with Crippen molar-refractivity contribution in [2.45, 2.75) is 33.1 Å². The van der Waals surface area contributed by atoms with Gasteiger partial charge in [-0.05, 0) is 24.8 Å². The fourth-order valence-corrected chi connectivity index (χ4v) is 0.854. The molecule has 67 valence electrons. The zero-order valence-corrected chi connectivity index (χ0v) is 7.92. The van der Waals surface area contributed by atoms with Gasteiger partial charge in [0.1, 0.15) is 0 Å². The van der Waals surface area contributed by atoms with Crippen molar-refractivity contribution in [1.29, 1.82) is 0 Å². The smallest absolute Gasteiger partial charge is 0.225 e. The molecule has 0 aliphatic rings. The summed E-state index contributed by atoms with van der Waals surface area (Å²) in [4.78, 5) is 9.75. The summed E-state index contributed by atoms with van der Waals surface area (Å²) in [6.45, 7) is 4.46. The minimum atomic E-state index is 0.802. The summed E-state index contributed by atoms with van der Waals surface area (Å²) in [7, 11) is 0. The molecule has 0 aromatic rings. The van der Waals surface area contributed by atoms with Crippen LogP contribution >= 0.6 is 0 Å². The van der Waals surface area contributed by atoms with E-state index in [0.717, 1.165) is 12.3 Å². The van der Waals surface area contributed by atoms with E-state index in [1.54, 1.807) is 12.4 Å². The summed E-state index contributed by atoms with van der Waals surface area (Å²) in [5, 5.41) is 0. The molecule has 0 heterocycles. The molecule has 0 fully saturated rings.